The number of H-pyrrole nitrogens is 1. The van der Waals surface area contributed by atoms with E-state index in [9.17, 15) is 9.59 Å². The van der Waals surface area contributed by atoms with E-state index < -0.39 is 0 Å². The smallest absolute Gasteiger partial charge is 0.274 e. The summed E-state index contributed by atoms with van der Waals surface area (Å²) in [7, 11) is 0. The standard InChI is InChI=1S/C26H19N3O2/c1-17-19(14-15-22-26(31)28-21-12-6-5-11-20(21)27-22)23-13-7-8-16-29(23)24(17)25(30)18-9-3-2-4-10-18/h2-16H,1H3,(H,28,31)/b15-14+. The van der Waals surface area contributed by atoms with Crippen molar-refractivity contribution >= 4 is 34.5 Å². The number of fused-ring (bicyclic) bond motifs is 2. The zero-order chi connectivity index (χ0) is 21.4. The molecule has 150 valence electrons. The summed E-state index contributed by atoms with van der Waals surface area (Å²) in [5, 5.41) is 0. The third-order valence-electron chi connectivity index (χ3n) is 5.42. The van der Waals surface area contributed by atoms with E-state index in [1.54, 1.807) is 6.08 Å². The van der Waals surface area contributed by atoms with Crippen LogP contribution in [-0.4, -0.2) is 20.2 Å². The number of pyridine rings is 1. The van der Waals surface area contributed by atoms with Crippen molar-refractivity contribution in [3.63, 3.8) is 0 Å². The van der Waals surface area contributed by atoms with Crippen LogP contribution in [0.1, 0.15) is 32.9 Å². The van der Waals surface area contributed by atoms with Crippen LogP contribution in [0.2, 0.25) is 0 Å². The Kier molecular flexibility index (Phi) is 4.56. The Balaban J connectivity index is 1.65. The molecule has 3 aromatic heterocycles. The van der Waals surface area contributed by atoms with Gasteiger partial charge in [-0.3, -0.25) is 9.59 Å². The number of benzene rings is 2. The summed E-state index contributed by atoms with van der Waals surface area (Å²) in [5.74, 6) is -0.0411. The van der Waals surface area contributed by atoms with E-state index in [-0.39, 0.29) is 11.3 Å². The summed E-state index contributed by atoms with van der Waals surface area (Å²) in [5.41, 5.74) is 5.38. The Morgan fingerprint density at radius 3 is 2.52 bits per heavy atom. The van der Waals surface area contributed by atoms with Crippen LogP contribution in [0.25, 0.3) is 28.7 Å². The highest BCUT2D eigenvalue weighted by Gasteiger charge is 2.20. The maximum absolute atomic E-state index is 13.3. The number of nitrogens with one attached hydrogen (secondary N) is 1. The minimum Gasteiger partial charge on any atom is -0.319 e. The number of carbonyl (C=O) groups excluding carboxylic acids is 1. The van der Waals surface area contributed by atoms with E-state index in [1.165, 1.54) is 0 Å². The first-order chi connectivity index (χ1) is 15.1. The van der Waals surface area contributed by atoms with E-state index in [1.807, 2.05) is 96.4 Å². The van der Waals surface area contributed by atoms with Crippen molar-refractivity contribution in [3.8, 4) is 0 Å². The van der Waals surface area contributed by atoms with Crippen molar-refractivity contribution in [3.05, 3.63) is 117 Å². The zero-order valence-corrected chi connectivity index (χ0v) is 16.9. The summed E-state index contributed by atoms with van der Waals surface area (Å²) in [4.78, 5) is 33.1. The molecular formula is C26H19N3O2. The van der Waals surface area contributed by atoms with Crippen molar-refractivity contribution in [2.75, 3.05) is 0 Å². The summed E-state index contributed by atoms with van der Waals surface area (Å²) in [6.45, 7) is 1.93. The number of ketones is 1. The number of nitrogens with zero attached hydrogens (tertiary/aromatic N) is 2. The van der Waals surface area contributed by atoms with E-state index in [0.29, 0.717) is 22.5 Å². The maximum atomic E-state index is 13.3. The molecule has 0 aliphatic heterocycles. The van der Waals surface area contributed by atoms with Crippen LogP contribution in [0.3, 0.4) is 0 Å². The Morgan fingerprint density at radius 2 is 1.68 bits per heavy atom. The van der Waals surface area contributed by atoms with E-state index in [4.69, 9.17) is 0 Å². The van der Waals surface area contributed by atoms with Gasteiger partial charge in [-0.1, -0.05) is 54.6 Å². The quantitative estimate of drug-likeness (QED) is 0.433. The van der Waals surface area contributed by atoms with Gasteiger partial charge < -0.3 is 9.38 Å². The van der Waals surface area contributed by atoms with E-state index in [0.717, 1.165) is 22.2 Å². The van der Waals surface area contributed by atoms with Crippen LogP contribution >= 0.6 is 0 Å². The lowest BCUT2D eigenvalue weighted by atomic mass is 10.0. The molecule has 2 aromatic carbocycles. The van der Waals surface area contributed by atoms with Crippen molar-refractivity contribution in [2.45, 2.75) is 6.92 Å². The molecule has 0 aliphatic rings. The topological polar surface area (TPSA) is 67.2 Å². The average molecular weight is 405 g/mol. The first-order valence-corrected chi connectivity index (χ1v) is 10.00. The minimum atomic E-state index is -0.253. The highest BCUT2D eigenvalue weighted by molar-refractivity contribution is 6.10. The largest absolute Gasteiger partial charge is 0.319 e. The monoisotopic (exact) mass is 405 g/mol. The normalized spacial score (nSPS) is 11.5. The number of rotatable bonds is 4. The second-order valence-corrected chi connectivity index (χ2v) is 7.34. The first kappa shape index (κ1) is 18.8. The van der Waals surface area contributed by atoms with Gasteiger partial charge in [-0.2, -0.15) is 0 Å². The zero-order valence-electron chi connectivity index (χ0n) is 16.9. The molecule has 0 spiro atoms. The van der Waals surface area contributed by atoms with Gasteiger partial charge in [0, 0.05) is 17.3 Å². The fourth-order valence-electron chi connectivity index (χ4n) is 3.89. The van der Waals surface area contributed by atoms with Crippen LogP contribution in [0.5, 0.6) is 0 Å². The van der Waals surface area contributed by atoms with Crippen molar-refractivity contribution in [2.24, 2.45) is 0 Å². The highest BCUT2D eigenvalue weighted by atomic mass is 16.1. The first-order valence-electron chi connectivity index (χ1n) is 10.00. The molecule has 5 nitrogen and oxygen atoms in total. The lowest BCUT2D eigenvalue weighted by Crippen LogP contribution is -2.11. The SMILES string of the molecule is Cc1c(/C=C/c2nc3ccccc3[nH]c2=O)c2ccccn2c1C(=O)c1ccccc1. The number of aromatic amines is 1. The van der Waals surface area contributed by atoms with Gasteiger partial charge in [0.1, 0.15) is 5.69 Å². The van der Waals surface area contributed by atoms with Gasteiger partial charge in [-0.25, -0.2) is 4.98 Å². The fraction of sp³-hybridized carbons (Fsp3) is 0.0385. The second-order valence-electron chi connectivity index (χ2n) is 7.34. The molecule has 1 N–H and O–H groups in total. The number of para-hydroxylation sites is 2. The molecule has 0 amide bonds. The molecule has 5 rings (SSSR count). The van der Waals surface area contributed by atoms with Gasteiger partial charge in [0.15, 0.2) is 0 Å². The lowest BCUT2D eigenvalue weighted by Gasteiger charge is -2.03. The van der Waals surface area contributed by atoms with Crippen LogP contribution < -0.4 is 5.56 Å². The summed E-state index contributed by atoms with van der Waals surface area (Å²) in [6.07, 6.45) is 5.45. The number of aromatic nitrogens is 3. The van der Waals surface area contributed by atoms with Gasteiger partial charge in [-0.15, -0.1) is 0 Å². The third kappa shape index (κ3) is 3.26. The van der Waals surface area contributed by atoms with Crippen molar-refractivity contribution < 1.29 is 4.79 Å². The van der Waals surface area contributed by atoms with Crippen molar-refractivity contribution in [1.29, 1.82) is 0 Å². The predicted octanol–water partition coefficient (Wildman–Crippen LogP) is 4.89. The predicted molar refractivity (Wildman–Crippen MR) is 123 cm³/mol. The molecule has 0 fully saturated rings. The second kappa shape index (κ2) is 7.54. The lowest BCUT2D eigenvalue weighted by molar-refractivity contribution is 0.103. The number of carbonyl (C=O) groups is 1. The molecule has 5 aromatic rings. The van der Waals surface area contributed by atoms with E-state index >= 15 is 0 Å². The molecule has 0 saturated heterocycles. The molecule has 0 aliphatic carbocycles. The average Bonchev–Trinajstić information content (AvgIpc) is 3.09. The summed E-state index contributed by atoms with van der Waals surface area (Å²) < 4.78 is 1.91. The van der Waals surface area contributed by atoms with Gasteiger partial charge in [0.2, 0.25) is 5.78 Å². The number of hydrogen-bond donors (Lipinski definition) is 1. The maximum Gasteiger partial charge on any atom is 0.274 e. The van der Waals surface area contributed by atoms with Crippen LogP contribution in [0.15, 0.2) is 83.8 Å². The third-order valence-corrected chi connectivity index (χ3v) is 5.42. The van der Waals surface area contributed by atoms with Gasteiger partial charge >= 0.3 is 0 Å². The Labute approximate surface area is 178 Å². The molecular weight excluding hydrogens is 386 g/mol. The van der Waals surface area contributed by atoms with Gasteiger partial charge in [-0.05, 0) is 42.8 Å². The minimum absolute atomic E-state index is 0.0411. The van der Waals surface area contributed by atoms with Crippen LogP contribution in [0.4, 0.5) is 0 Å². The van der Waals surface area contributed by atoms with E-state index in [2.05, 4.69) is 9.97 Å². The molecule has 0 unspecified atom stereocenters. The number of hydrogen-bond acceptors (Lipinski definition) is 3. The molecule has 0 bridgehead atoms. The summed E-state index contributed by atoms with van der Waals surface area (Å²) >= 11 is 0. The van der Waals surface area contributed by atoms with Crippen LogP contribution in [-0.2, 0) is 0 Å². The van der Waals surface area contributed by atoms with Gasteiger partial charge in [0.25, 0.3) is 5.56 Å². The fourth-order valence-corrected chi connectivity index (χ4v) is 3.89. The molecule has 0 radical (unpaired) electrons. The summed E-state index contributed by atoms with van der Waals surface area (Å²) in [6, 6.07) is 22.5. The molecule has 0 saturated carbocycles. The van der Waals surface area contributed by atoms with Gasteiger partial charge in [0.05, 0.1) is 22.2 Å². The molecule has 5 heteroatoms. The Hall–Kier alpha value is -4.25. The Morgan fingerprint density at radius 1 is 0.935 bits per heavy atom. The van der Waals surface area contributed by atoms with Crippen LogP contribution in [0, 0.1) is 6.92 Å². The molecule has 31 heavy (non-hydrogen) atoms. The molecule has 3 heterocycles. The highest BCUT2D eigenvalue weighted by Crippen LogP contribution is 2.27. The molecule has 0 atom stereocenters. The Bertz CT molecular complexity index is 1530. The van der Waals surface area contributed by atoms with Crippen molar-refractivity contribution in [1.82, 2.24) is 14.4 Å².